The molecule has 5 rings (SSSR count). The maximum absolute atomic E-state index is 6.43. The van der Waals surface area contributed by atoms with Crippen LogP contribution < -0.4 is 10.5 Å². The van der Waals surface area contributed by atoms with Gasteiger partial charge in [0, 0.05) is 6.04 Å². The SMILES string of the molecule is CN1CCCCC1c1nnc2ccc(O[C@@H]3CC[C@H](N)c4ccccc43)cn12. The van der Waals surface area contributed by atoms with Gasteiger partial charge in [0.15, 0.2) is 11.5 Å². The molecule has 0 bridgehead atoms. The van der Waals surface area contributed by atoms with Crippen LogP contribution in [0.5, 0.6) is 5.75 Å². The van der Waals surface area contributed by atoms with Crippen LogP contribution in [0.3, 0.4) is 0 Å². The van der Waals surface area contributed by atoms with Crippen molar-refractivity contribution in [2.24, 2.45) is 5.73 Å². The lowest BCUT2D eigenvalue weighted by Gasteiger charge is -2.31. The van der Waals surface area contributed by atoms with Gasteiger partial charge in [-0.1, -0.05) is 30.7 Å². The molecule has 0 spiro atoms. The Labute approximate surface area is 165 Å². The Bertz CT molecular complexity index is 984. The van der Waals surface area contributed by atoms with Gasteiger partial charge < -0.3 is 10.5 Å². The van der Waals surface area contributed by atoms with E-state index in [0.29, 0.717) is 6.04 Å². The molecular weight excluding hydrogens is 350 g/mol. The number of aromatic nitrogens is 3. The maximum atomic E-state index is 6.43. The number of rotatable bonds is 3. The molecule has 1 saturated heterocycles. The van der Waals surface area contributed by atoms with Gasteiger partial charge in [0.1, 0.15) is 11.9 Å². The summed E-state index contributed by atoms with van der Waals surface area (Å²) in [6.45, 7) is 1.11. The van der Waals surface area contributed by atoms with Crippen LogP contribution in [0.15, 0.2) is 42.6 Å². The predicted molar refractivity (Wildman–Crippen MR) is 108 cm³/mol. The summed E-state index contributed by atoms with van der Waals surface area (Å²) in [4.78, 5) is 2.38. The molecule has 1 fully saturated rings. The summed E-state index contributed by atoms with van der Waals surface area (Å²) in [5.74, 6) is 1.86. The van der Waals surface area contributed by atoms with Crippen LogP contribution in [0.25, 0.3) is 5.65 Å². The first-order chi connectivity index (χ1) is 13.7. The summed E-state index contributed by atoms with van der Waals surface area (Å²) in [6, 6.07) is 12.8. The van der Waals surface area contributed by atoms with Gasteiger partial charge in [-0.05, 0) is 62.5 Å². The standard InChI is InChI=1S/C22H27N5O/c1-26-13-5-4-8-19(26)22-25-24-21-12-9-15(14-27(21)22)28-20-11-10-18(23)16-6-2-3-7-17(16)20/h2-3,6-7,9,12,14,18-20H,4-5,8,10-11,13,23H2,1H3/t18-,19?,20+/m0/s1. The fraction of sp³-hybridized carbons (Fsp3) is 0.455. The average Bonchev–Trinajstić information content (AvgIpc) is 3.14. The van der Waals surface area contributed by atoms with Gasteiger partial charge >= 0.3 is 0 Å². The highest BCUT2D eigenvalue weighted by Crippen LogP contribution is 2.38. The molecule has 1 unspecified atom stereocenters. The van der Waals surface area contributed by atoms with Gasteiger partial charge in [0.2, 0.25) is 0 Å². The molecule has 0 saturated carbocycles. The highest BCUT2D eigenvalue weighted by Gasteiger charge is 2.27. The van der Waals surface area contributed by atoms with Crippen molar-refractivity contribution in [1.82, 2.24) is 19.5 Å². The molecule has 1 aliphatic carbocycles. The Morgan fingerprint density at radius 2 is 1.86 bits per heavy atom. The van der Waals surface area contributed by atoms with Crippen LogP contribution in [0.2, 0.25) is 0 Å². The largest absolute Gasteiger partial charge is 0.484 e. The predicted octanol–water partition coefficient (Wildman–Crippen LogP) is 3.80. The molecule has 28 heavy (non-hydrogen) atoms. The van der Waals surface area contributed by atoms with E-state index < -0.39 is 0 Å². The van der Waals surface area contributed by atoms with Crippen molar-refractivity contribution in [2.75, 3.05) is 13.6 Å². The van der Waals surface area contributed by atoms with Gasteiger partial charge in [0.05, 0.1) is 12.2 Å². The van der Waals surface area contributed by atoms with Crippen molar-refractivity contribution < 1.29 is 4.74 Å². The lowest BCUT2D eigenvalue weighted by Crippen LogP contribution is -2.30. The smallest absolute Gasteiger partial charge is 0.161 e. The van der Waals surface area contributed by atoms with Gasteiger partial charge in [-0.2, -0.15) is 0 Å². The second-order valence-corrected chi connectivity index (χ2v) is 8.06. The number of pyridine rings is 1. The van der Waals surface area contributed by atoms with E-state index >= 15 is 0 Å². The number of fused-ring (bicyclic) bond motifs is 2. The maximum Gasteiger partial charge on any atom is 0.161 e. The third kappa shape index (κ3) is 3.06. The van der Waals surface area contributed by atoms with Gasteiger partial charge in [-0.25, -0.2) is 0 Å². The minimum Gasteiger partial charge on any atom is -0.484 e. The summed E-state index contributed by atoms with van der Waals surface area (Å²) < 4.78 is 8.53. The molecule has 6 heteroatoms. The van der Waals surface area contributed by atoms with E-state index in [1.165, 1.54) is 24.0 Å². The fourth-order valence-electron chi connectivity index (χ4n) is 4.66. The van der Waals surface area contributed by atoms with Crippen molar-refractivity contribution in [3.8, 4) is 5.75 Å². The first kappa shape index (κ1) is 17.6. The monoisotopic (exact) mass is 377 g/mol. The number of ether oxygens (including phenoxy) is 1. The molecule has 3 heterocycles. The van der Waals surface area contributed by atoms with Crippen LogP contribution >= 0.6 is 0 Å². The molecule has 2 N–H and O–H groups in total. The lowest BCUT2D eigenvalue weighted by molar-refractivity contribution is 0.173. The zero-order valence-corrected chi connectivity index (χ0v) is 16.3. The Balaban J connectivity index is 1.46. The molecule has 0 radical (unpaired) electrons. The number of hydrogen-bond donors (Lipinski definition) is 1. The van der Waals surface area contributed by atoms with E-state index in [1.54, 1.807) is 0 Å². The molecule has 146 valence electrons. The van der Waals surface area contributed by atoms with Crippen LogP contribution in [0.4, 0.5) is 0 Å². The van der Waals surface area contributed by atoms with E-state index in [2.05, 4.69) is 50.8 Å². The van der Waals surface area contributed by atoms with Crippen molar-refractivity contribution in [3.63, 3.8) is 0 Å². The first-order valence-corrected chi connectivity index (χ1v) is 10.3. The Hall–Kier alpha value is -2.44. The third-order valence-electron chi connectivity index (χ3n) is 6.23. The van der Waals surface area contributed by atoms with Crippen molar-refractivity contribution in [2.45, 2.75) is 50.3 Å². The normalized spacial score (nSPS) is 25.6. The number of benzene rings is 1. The lowest BCUT2D eigenvalue weighted by atomic mass is 9.86. The number of likely N-dealkylation sites (tertiary alicyclic amines) is 1. The fourth-order valence-corrected chi connectivity index (χ4v) is 4.66. The summed E-state index contributed by atoms with van der Waals surface area (Å²) in [7, 11) is 2.17. The zero-order valence-electron chi connectivity index (χ0n) is 16.3. The second-order valence-electron chi connectivity index (χ2n) is 8.06. The molecule has 6 nitrogen and oxygen atoms in total. The summed E-state index contributed by atoms with van der Waals surface area (Å²) in [5.41, 5.74) is 9.57. The Morgan fingerprint density at radius 1 is 1.00 bits per heavy atom. The summed E-state index contributed by atoms with van der Waals surface area (Å²) >= 11 is 0. The highest BCUT2D eigenvalue weighted by atomic mass is 16.5. The van der Waals surface area contributed by atoms with Crippen LogP contribution in [0.1, 0.15) is 67.2 Å². The average molecular weight is 377 g/mol. The number of nitrogens with two attached hydrogens (primary N) is 1. The van der Waals surface area contributed by atoms with Gasteiger partial charge in [-0.15, -0.1) is 10.2 Å². The summed E-state index contributed by atoms with van der Waals surface area (Å²) in [5, 5.41) is 8.88. The number of piperidine rings is 1. The van der Waals surface area contributed by atoms with E-state index in [0.717, 1.165) is 43.0 Å². The van der Waals surface area contributed by atoms with Crippen LogP contribution in [-0.2, 0) is 0 Å². The van der Waals surface area contributed by atoms with Crippen molar-refractivity contribution in [3.05, 3.63) is 59.5 Å². The molecule has 3 atom stereocenters. The summed E-state index contributed by atoms with van der Waals surface area (Å²) in [6.07, 6.45) is 7.55. The van der Waals surface area contributed by atoms with Crippen LogP contribution in [-0.4, -0.2) is 33.1 Å². The molecule has 2 aromatic heterocycles. The molecule has 0 amide bonds. The second kappa shape index (κ2) is 7.18. The molecule has 1 aliphatic heterocycles. The van der Waals surface area contributed by atoms with Crippen molar-refractivity contribution >= 4 is 5.65 Å². The van der Waals surface area contributed by atoms with E-state index in [9.17, 15) is 0 Å². The molecular formula is C22H27N5O. The molecule has 2 aliphatic rings. The van der Waals surface area contributed by atoms with Gasteiger partial charge in [-0.3, -0.25) is 9.30 Å². The Kier molecular flexibility index (Phi) is 4.53. The third-order valence-corrected chi connectivity index (χ3v) is 6.23. The number of hydrogen-bond acceptors (Lipinski definition) is 5. The van der Waals surface area contributed by atoms with E-state index in [-0.39, 0.29) is 12.1 Å². The quantitative estimate of drug-likeness (QED) is 0.752. The van der Waals surface area contributed by atoms with E-state index in [4.69, 9.17) is 10.5 Å². The van der Waals surface area contributed by atoms with Crippen LogP contribution in [0, 0.1) is 0 Å². The molecule has 1 aromatic carbocycles. The highest BCUT2D eigenvalue weighted by molar-refractivity contribution is 5.42. The zero-order chi connectivity index (χ0) is 19.1. The first-order valence-electron chi connectivity index (χ1n) is 10.3. The van der Waals surface area contributed by atoms with Gasteiger partial charge in [0.25, 0.3) is 0 Å². The minimum absolute atomic E-state index is 0.0331. The Morgan fingerprint density at radius 3 is 2.71 bits per heavy atom. The van der Waals surface area contributed by atoms with E-state index in [1.807, 2.05) is 18.3 Å². The topological polar surface area (TPSA) is 68.7 Å². The molecule has 3 aromatic rings. The minimum atomic E-state index is 0.0331. The number of nitrogens with zero attached hydrogens (tertiary/aromatic N) is 4. The van der Waals surface area contributed by atoms with Crippen molar-refractivity contribution in [1.29, 1.82) is 0 Å².